The van der Waals surface area contributed by atoms with Crippen molar-refractivity contribution in [1.82, 2.24) is 0 Å². The predicted molar refractivity (Wildman–Crippen MR) is 121 cm³/mol. The molecule has 0 spiro atoms. The fraction of sp³-hybridized carbons (Fsp3) is 0.704. The van der Waals surface area contributed by atoms with Gasteiger partial charge in [0.15, 0.2) is 0 Å². The molecule has 1 aromatic rings. The minimum Gasteiger partial charge on any atom is -0.463 e. The quantitative estimate of drug-likeness (QED) is 0.395. The van der Waals surface area contributed by atoms with Crippen LogP contribution in [0.5, 0.6) is 5.75 Å². The lowest BCUT2D eigenvalue weighted by molar-refractivity contribution is -0.148. The summed E-state index contributed by atoms with van der Waals surface area (Å²) < 4.78 is 11.1. The highest BCUT2D eigenvalue weighted by Gasteiger charge is 2.32. The molecule has 0 saturated heterocycles. The number of benzene rings is 1. The Morgan fingerprint density at radius 2 is 1.35 bits per heavy atom. The number of hydrogen-bond donors (Lipinski definition) is 0. The first-order chi connectivity index (χ1) is 15.1. The molecular formula is C27H38O4. The van der Waals surface area contributed by atoms with Gasteiger partial charge in [-0.1, -0.05) is 44.2 Å². The van der Waals surface area contributed by atoms with Crippen molar-refractivity contribution in [1.29, 1.82) is 0 Å². The second kappa shape index (κ2) is 10.7. The van der Waals surface area contributed by atoms with E-state index >= 15 is 0 Å². The van der Waals surface area contributed by atoms with Crippen molar-refractivity contribution >= 4 is 11.9 Å². The summed E-state index contributed by atoms with van der Waals surface area (Å²) in [5.41, 5.74) is 1.29. The Hall–Kier alpha value is -1.84. The molecule has 3 aliphatic rings. The normalized spacial score (nSPS) is 29.8. The first kappa shape index (κ1) is 22.4. The summed E-state index contributed by atoms with van der Waals surface area (Å²) in [4.78, 5) is 23.8. The molecule has 4 rings (SSSR count). The smallest absolute Gasteiger partial charge is 0.314 e. The fourth-order valence-electron chi connectivity index (χ4n) is 6.19. The van der Waals surface area contributed by atoms with Crippen LogP contribution in [-0.2, 0) is 14.3 Å². The molecule has 0 radical (unpaired) electrons. The Balaban J connectivity index is 1.22. The lowest BCUT2D eigenvalue weighted by Crippen LogP contribution is -2.29. The summed E-state index contributed by atoms with van der Waals surface area (Å²) in [6, 6.07) is 8.08. The third-order valence-corrected chi connectivity index (χ3v) is 8.00. The Labute approximate surface area is 187 Å². The molecule has 0 atom stereocenters. The molecular weight excluding hydrogens is 388 g/mol. The first-order valence-electron chi connectivity index (χ1n) is 12.6. The van der Waals surface area contributed by atoms with Gasteiger partial charge in [0, 0.05) is 6.92 Å². The van der Waals surface area contributed by atoms with Gasteiger partial charge in [-0.15, -0.1) is 0 Å². The van der Waals surface area contributed by atoms with Crippen LogP contribution < -0.4 is 4.74 Å². The van der Waals surface area contributed by atoms with Crippen molar-refractivity contribution in [3.63, 3.8) is 0 Å². The zero-order valence-corrected chi connectivity index (χ0v) is 19.0. The standard InChI is InChI=1S/C27H38O4/c1-19(28)30-25-15-11-22(12-16-25)23-13-17-26(18-14-23)31-27(29)24-9-7-21(8-10-24)20-5-3-2-4-6-20/h13-14,17-18,20-22,24-25H,2-12,15-16H2,1H3. The number of ether oxygens (including phenoxy) is 2. The van der Waals surface area contributed by atoms with E-state index in [9.17, 15) is 9.59 Å². The van der Waals surface area contributed by atoms with Gasteiger partial charge in [-0.05, 0) is 86.8 Å². The van der Waals surface area contributed by atoms with Crippen LogP contribution >= 0.6 is 0 Å². The van der Waals surface area contributed by atoms with Crippen LogP contribution in [0.25, 0.3) is 0 Å². The van der Waals surface area contributed by atoms with Gasteiger partial charge in [-0.2, -0.15) is 0 Å². The zero-order chi connectivity index (χ0) is 21.6. The van der Waals surface area contributed by atoms with E-state index in [-0.39, 0.29) is 24.0 Å². The average molecular weight is 427 g/mol. The summed E-state index contributed by atoms with van der Waals surface area (Å²) in [6.07, 6.45) is 15.3. The third kappa shape index (κ3) is 6.11. The van der Waals surface area contributed by atoms with Gasteiger partial charge in [-0.3, -0.25) is 9.59 Å². The van der Waals surface area contributed by atoms with Crippen LogP contribution in [0.4, 0.5) is 0 Å². The maximum atomic E-state index is 12.7. The van der Waals surface area contributed by atoms with Crippen molar-refractivity contribution in [2.75, 3.05) is 0 Å². The Bertz CT molecular complexity index is 718. The van der Waals surface area contributed by atoms with Crippen molar-refractivity contribution in [3.8, 4) is 5.75 Å². The molecule has 31 heavy (non-hydrogen) atoms. The molecule has 0 N–H and O–H groups in total. The average Bonchev–Trinajstić information content (AvgIpc) is 2.80. The Kier molecular flexibility index (Phi) is 7.68. The lowest BCUT2D eigenvalue weighted by Gasteiger charge is -2.35. The van der Waals surface area contributed by atoms with E-state index in [1.807, 2.05) is 12.1 Å². The molecule has 170 valence electrons. The number of esters is 2. The van der Waals surface area contributed by atoms with E-state index in [0.29, 0.717) is 11.7 Å². The summed E-state index contributed by atoms with van der Waals surface area (Å²) in [5, 5.41) is 0. The summed E-state index contributed by atoms with van der Waals surface area (Å²) >= 11 is 0. The molecule has 0 unspecified atom stereocenters. The van der Waals surface area contributed by atoms with Crippen molar-refractivity contribution in [2.45, 2.75) is 102 Å². The Morgan fingerprint density at radius 3 is 1.97 bits per heavy atom. The second-order valence-corrected chi connectivity index (χ2v) is 10.1. The van der Waals surface area contributed by atoms with Crippen LogP contribution in [0.1, 0.15) is 102 Å². The monoisotopic (exact) mass is 426 g/mol. The highest BCUT2D eigenvalue weighted by Crippen LogP contribution is 2.40. The number of carbonyl (C=O) groups excluding carboxylic acids is 2. The minimum absolute atomic E-state index is 0.0447. The fourth-order valence-corrected chi connectivity index (χ4v) is 6.19. The number of hydrogen-bond acceptors (Lipinski definition) is 4. The maximum Gasteiger partial charge on any atom is 0.314 e. The van der Waals surface area contributed by atoms with Gasteiger partial charge in [-0.25, -0.2) is 0 Å². The lowest BCUT2D eigenvalue weighted by atomic mass is 9.71. The molecule has 0 heterocycles. The highest BCUT2D eigenvalue weighted by atomic mass is 16.5. The molecule has 3 aliphatic carbocycles. The summed E-state index contributed by atoms with van der Waals surface area (Å²) in [6.45, 7) is 1.48. The van der Waals surface area contributed by atoms with Crippen LogP contribution in [0.2, 0.25) is 0 Å². The van der Waals surface area contributed by atoms with Crippen LogP contribution in [0.3, 0.4) is 0 Å². The molecule has 1 aromatic carbocycles. The molecule has 0 aromatic heterocycles. The van der Waals surface area contributed by atoms with Crippen LogP contribution in [0, 0.1) is 17.8 Å². The van der Waals surface area contributed by atoms with E-state index < -0.39 is 0 Å². The maximum absolute atomic E-state index is 12.7. The first-order valence-corrected chi connectivity index (χ1v) is 12.6. The van der Waals surface area contributed by atoms with Crippen LogP contribution in [0.15, 0.2) is 24.3 Å². The number of rotatable bonds is 5. The predicted octanol–water partition coefficient (Wildman–Crippen LogP) is 6.57. The molecule has 4 nitrogen and oxygen atoms in total. The second-order valence-electron chi connectivity index (χ2n) is 10.1. The van der Waals surface area contributed by atoms with Gasteiger partial charge in [0.05, 0.1) is 5.92 Å². The van der Waals surface area contributed by atoms with E-state index in [2.05, 4.69) is 12.1 Å². The van der Waals surface area contributed by atoms with Gasteiger partial charge in [0.1, 0.15) is 11.9 Å². The van der Waals surface area contributed by atoms with Crippen molar-refractivity contribution < 1.29 is 19.1 Å². The number of carbonyl (C=O) groups is 2. The van der Waals surface area contributed by atoms with E-state index in [0.717, 1.165) is 50.4 Å². The minimum atomic E-state index is -0.183. The van der Waals surface area contributed by atoms with Crippen molar-refractivity contribution in [2.24, 2.45) is 17.8 Å². The molecule has 0 bridgehead atoms. The Morgan fingerprint density at radius 1 is 0.742 bits per heavy atom. The molecule has 4 heteroatoms. The largest absolute Gasteiger partial charge is 0.463 e. The van der Waals surface area contributed by atoms with Gasteiger partial charge in [0.25, 0.3) is 0 Å². The molecule has 0 amide bonds. The molecule has 3 fully saturated rings. The van der Waals surface area contributed by atoms with Crippen molar-refractivity contribution in [3.05, 3.63) is 29.8 Å². The van der Waals surface area contributed by atoms with E-state index in [1.165, 1.54) is 57.4 Å². The zero-order valence-electron chi connectivity index (χ0n) is 19.0. The topological polar surface area (TPSA) is 52.6 Å². The summed E-state index contributed by atoms with van der Waals surface area (Å²) in [5.74, 6) is 2.73. The van der Waals surface area contributed by atoms with Gasteiger partial charge >= 0.3 is 11.9 Å². The van der Waals surface area contributed by atoms with Gasteiger partial charge in [0.2, 0.25) is 0 Å². The van der Waals surface area contributed by atoms with Crippen LogP contribution in [-0.4, -0.2) is 18.0 Å². The third-order valence-electron chi connectivity index (χ3n) is 8.00. The molecule has 3 saturated carbocycles. The van der Waals surface area contributed by atoms with E-state index in [1.54, 1.807) is 0 Å². The SMILES string of the molecule is CC(=O)OC1CCC(c2ccc(OC(=O)C3CCC(C4CCCCC4)CC3)cc2)CC1. The van der Waals surface area contributed by atoms with E-state index in [4.69, 9.17) is 9.47 Å². The highest BCUT2D eigenvalue weighted by molar-refractivity contribution is 5.75. The summed E-state index contributed by atoms with van der Waals surface area (Å²) in [7, 11) is 0. The molecule has 0 aliphatic heterocycles. The van der Waals surface area contributed by atoms with Gasteiger partial charge < -0.3 is 9.47 Å².